The monoisotopic (exact) mass is 435 g/mol. The summed E-state index contributed by atoms with van der Waals surface area (Å²) in [5.74, 6) is 0.248. The number of amides is 1. The number of hydrogen-bond donors (Lipinski definition) is 2. The molecule has 1 aliphatic carbocycles. The van der Waals surface area contributed by atoms with Crippen LogP contribution in [0.2, 0.25) is 0 Å². The van der Waals surface area contributed by atoms with Crippen LogP contribution in [0.1, 0.15) is 61.7 Å². The first-order chi connectivity index (χ1) is 13.2. The number of nitrogens with one attached hydrogen (secondary N) is 1. The molecule has 2 N–H and O–H groups in total. The highest BCUT2D eigenvalue weighted by molar-refractivity contribution is 9.10. The van der Waals surface area contributed by atoms with E-state index in [1.54, 1.807) is 0 Å². The molecule has 2 aromatic rings. The van der Waals surface area contributed by atoms with Crippen molar-refractivity contribution in [2.24, 2.45) is 5.92 Å². The van der Waals surface area contributed by atoms with Crippen LogP contribution in [0.3, 0.4) is 0 Å². The molecular formula is C20H26BrN3O3. The number of aliphatic hydroxyl groups excluding tert-OH is 1. The van der Waals surface area contributed by atoms with E-state index < -0.39 is 0 Å². The molecule has 1 saturated carbocycles. The van der Waals surface area contributed by atoms with E-state index >= 15 is 0 Å². The van der Waals surface area contributed by atoms with Crippen molar-refractivity contribution >= 4 is 32.7 Å². The van der Waals surface area contributed by atoms with Crippen molar-refractivity contribution in [1.29, 1.82) is 0 Å². The van der Waals surface area contributed by atoms with E-state index in [4.69, 9.17) is 4.74 Å². The fraction of sp³-hybridized carbons (Fsp3) is 0.600. The zero-order valence-electron chi connectivity index (χ0n) is 15.4. The first-order valence-corrected chi connectivity index (χ1v) is 10.7. The highest BCUT2D eigenvalue weighted by Gasteiger charge is 2.27. The van der Waals surface area contributed by atoms with E-state index in [1.807, 2.05) is 22.9 Å². The summed E-state index contributed by atoms with van der Waals surface area (Å²) < 4.78 is 8.70. The number of nitrogens with zero attached hydrogens (tertiary/aromatic N) is 2. The number of hydrogen-bond acceptors (Lipinski definition) is 4. The summed E-state index contributed by atoms with van der Waals surface area (Å²) in [7, 11) is 0. The van der Waals surface area contributed by atoms with Gasteiger partial charge < -0.3 is 15.2 Å². The van der Waals surface area contributed by atoms with Crippen LogP contribution in [0.5, 0.6) is 0 Å². The molecule has 1 aliphatic heterocycles. The fourth-order valence-corrected chi connectivity index (χ4v) is 4.52. The SMILES string of the molecule is O=C(NC1CCC(CO)CC1)c1nn(C2CCCCO2)c2ccc(Br)cc12. The molecule has 0 radical (unpaired) electrons. The lowest BCUT2D eigenvalue weighted by Gasteiger charge is -2.27. The Labute approximate surface area is 167 Å². The van der Waals surface area contributed by atoms with E-state index in [0.29, 0.717) is 11.6 Å². The number of ether oxygens (including phenoxy) is 1. The van der Waals surface area contributed by atoms with Gasteiger partial charge in [-0.1, -0.05) is 15.9 Å². The molecule has 1 saturated heterocycles. The lowest BCUT2D eigenvalue weighted by atomic mass is 9.86. The Balaban J connectivity index is 1.58. The second-order valence-corrected chi connectivity index (χ2v) is 8.57. The minimum absolute atomic E-state index is 0.107. The van der Waals surface area contributed by atoms with Gasteiger partial charge in [-0.2, -0.15) is 5.10 Å². The molecule has 4 rings (SSSR count). The molecule has 2 fully saturated rings. The van der Waals surface area contributed by atoms with Crippen molar-refractivity contribution in [3.8, 4) is 0 Å². The molecule has 2 aliphatic rings. The molecule has 1 amide bonds. The maximum atomic E-state index is 13.0. The van der Waals surface area contributed by atoms with Crippen LogP contribution in [0.4, 0.5) is 0 Å². The number of fused-ring (bicyclic) bond motifs is 1. The van der Waals surface area contributed by atoms with E-state index in [1.165, 1.54) is 0 Å². The third kappa shape index (κ3) is 4.05. The highest BCUT2D eigenvalue weighted by Crippen LogP contribution is 2.30. The molecule has 0 bridgehead atoms. The Morgan fingerprint density at radius 1 is 1.26 bits per heavy atom. The van der Waals surface area contributed by atoms with Crippen LogP contribution in [-0.4, -0.2) is 40.0 Å². The van der Waals surface area contributed by atoms with Gasteiger partial charge in [0, 0.05) is 29.1 Å². The number of carbonyl (C=O) groups excluding carboxylic acids is 1. The van der Waals surface area contributed by atoms with E-state index in [2.05, 4.69) is 26.3 Å². The minimum atomic E-state index is -0.125. The topological polar surface area (TPSA) is 76.4 Å². The number of halogens is 1. The number of carbonyl (C=O) groups is 1. The van der Waals surface area contributed by atoms with Crippen molar-refractivity contribution in [3.05, 3.63) is 28.4 Å². The van der Waals surface area contributed by atoms with Crippen molar-refractivity contribution in [3.63, 3.8) is 0 Å². The summed E-state index contributed by atoms with van der Waals surface area (Å²) in [6, 6.07) is 6.08. The Bertz CT molecular complexity index is 808. The third-order valence-electron chi connectivity index (χ3n) is 5.75. The average Bonchev–Trinajstić information content (AvgIpc) is 3.08. The Kier molecular flexibility index (Phi) is 5.80. The summed E-state index contributed by atoms with van der Waals surface area (Å²) in [5, 5.41) is 18.0. The first-order valence-electron chi connectivity index (χ1n) is 9.87. The van der Waals surface area contributed by atoms with Gasteiger partial charge in [0.2, 0.25) is 0 Å². The van der Waals surface area contributed by atoms with Gasteiger partial charge in [0.15, 0.2) is 11.9 Å². The Morgan fingerprint density at radius 3 is 2.78 bits per heavy atom. The Hall–Kier alpha value is -1.44. The fourth-order valence-electron chi connectivity index (χ4n) is 4.16. The summed E-state index contributed by atoms with van der Waals surface area (Å²) >= 11 is 3.51. The van der Waals surface area contributed by atoms with Crippen LogP contribution in [0.15, 0.2) is 22.7 Å². The average molecular weight is 436 g/mol. The van der Waals surface area contributed by atoms with Gasteiger partial charge in [-0.05, 0) is 69.1 Å². The number of aliphatic hydroxyl groups is 1. The van der Waals surface area contributed by atoms with Crippen LogP contribution >= 0.6 is 15.9 Å². The Morgan fingerprint density at radius 2 is 2.07 bits per heavy atom. The van der Waals surface area contributed by atoms with Gasteiger partial charge >= 0.3 is 0 Å². The quantitative estimate of drug-likeness (QED) is 0.765. The molecule has 1 aromatic carbocycles. The van der Waals surface area contributed by atoms with Crippen molar-refractivity contribution < 1.29 is 14.6 Å². The molecule has 6 nitrogen and oxygen atoms in total. The standard InChI is InChI=1S/C20H26BrN3O3/c21-14-6-9-17-16(11-14)19(23-24(17)18-3-1-2-10-27-18)20(26)22-15-7-4-13(12-25)5-8-15/h6,9,11,13,15,18,25H,1-5,7-8,10,12H2,(H,22,26). The van der Waals surface area contributed by atoms with Gasteiger partial charge in [0.05, 0.1) is 5.52 Å². The maximum absolute atomic E-state index is 13.0. The summed E-state index contributed by atoms with van der Waals surface area (Å²) in [4.78, 5) is 13.0. The van der Waals surface area contributed by atoms with Crippen LogP contribution in [-0.2, 0) is 4.74 Å². The number of benzene rings is 1. The zero-order valence-corrected chi connectivity index (χ0v) is 17.0. The summed E-state index contributed by atoms with van der Waals surface area (Å²) in [6.45, 7) is 0.975. The molecule has 1 atom stereocenters. The molecule has 1 unspecified atom stereocenters. The van der Waals surface area contributed by atoms with Gasteiger partial charge in [0.1, 0.15) is 0 Å². The predicted molar refractivity (Wildman–Crippen MR) is 107 cm³/mol. The minimum Gasteiger partial charge on any atom is -0.396 e. The van der Waals surface area contributed by atoms with Gasteiger partial charge in [-0.15, -0.1) is 0 Å². The molecule has 27 heavy (non-hydrogen) atoms. The highest BCUT2D eigenvalue weighted by atomic mass is 79.9. The lowest BCUT2D eigenvalue weighted by molar-refractivity contribution is -0.0368. The van der Waals surface area contributed by atoms with Gasteiger partial charge in [0.25, 0.3) is 5.91 Å². The molecule has 1 aromatic heterocycles. The van der Waals surface area contributed by atoms with Gasteiger partial charge in [-0.25, -0.2) is 4.68 Å². The van der Waals surface area contributed by atoms with Crippen molar-refractivity contribution in [2.45, 2.75) is 57.2 Å². The summed E-state index contributed by atoms with van der Waals surface area (Å²) in [6.07, 6.45) is 6.72. The van der Waals surface area contributed by atoms with E-state index in [0.717, 1.165) is 66.9 Å². The lowest BCUT2D eigenvalue weighted by Crippen LogP contribution is -2.38. The zero-order chi connectivity index (χ0) is 18.8. The second kappa shape index (κ2) is 8.29. The molecule has 7 heteroatoms. The predicted octanol–water partition coefficient (Wildman–Crippen LogP) is 3.78. The smallest absolute Gasteiger partial charge is 0.272 e. The van der Waals surface area contributed by atoms with E-state index in [-0.39, 0.29) is 24.8 Å². The third-order valence-corrected chi connectivity index (χ3v) is 6.25. The van der Waals surface area contributed by atoms with Crippen LogP contribution < -0.4 is 5.32 Å². The normalized spacial score (nSPS) is 26.2. The molecular weight excluding hydrogens is 410 g/mol. The molecule has 146 valence electrons. The van der Waals surface area contributed by atoms with Crippen molar-refractivity contribution in [2.75, 3.05) is 13.2 Å². The first kappa shape index (κ1) is 18.9. The van der Waals surface area contributed by atoms with E-state index in [9.17, 15) is 9.90 Å². The number of rotatable bonds is 4. The van der Waals surface area contributed by atoms with Crippen molar-refractivity contribution in [1.82, 2.24) is 15.1 Å². The number of aromatic nitrogens is 2. The van der Waals surface area contributed by atoms with Gasteiger partial charge in [-0.3, -0.25) is 4.79 Å². The van der Waals surface area contributed by atoms with Crippen LogP contribution in [0.25, 0.3) is 10.9 Å². The molecule has 2 heterocycles. The molecule has 0 spiro atoms. The largest absolute Gasteiger partial charge is 0.396 e. The van der Waals surface area contributed by atoms with Crippen LogP contribution in [0, 0.1) is 5.92 Å². The maximum Gasteiger partial charge on any atom is 0.272 e. The summed E-state index contributed by atoms with van der Waals surface area (Å²) in [5.41, 5.74) is 1.39. The second-order valence-electron chi connectivity index (χ2n) is 7.65.